The first-order chi connectivity index (χ1) is 12.9. The molecule has 128 valence electrons. The third kappa shape index (κ3) is 2.80. The van der Waals surface area contributed by atoms with Gasteiger partial charge in [-0.15, -0.1) is 0 Å². The standard InChI is InChI=1S/C23H21N3/c1-2-5-20-14-17(7-8-18(20)4-1)16-26-12-9-19(10-13-26)22-15-25-23-21(22)6-3-11-24-23/h1-9,11,14-15H,10,12-13,16H2,(H,24,25). The number of aromatic nitrogens is 2. The number of pyridine rings is 1. The molecule has 0 fully saturated rings. The number of H-pyrrole nitrogens is 1. The Balaban J connectivity index is 1.34. The molecule has 0 aliphatic carbocycles. The molecule has 3 nitrogen and oxygen atoms in total. The van der Waals surface area contributed by atoms with Crippen LogP contribution in [0.4, 0.5) is 0 Å². The lowest BCUT2D eigenvalue weighted by Gasteiger charge is -2.26. The highest BCUT2D eigenvalue weighted by Gasteiger charge is 2.16. The van der Waals surface area contributed by atoms with Gasteiger partial charge in [-0.25, -0.2) is 4.98 Å². The minimum absolute atomic E-state index is 0.974. The van der Waals surface area contributed by atoms with Crippen molar-refractivity contribution in [2.45, 2.75) is 13.0 Å². The Hall–Kier alpha value is -2.91. The fourth-order valence-corrected chi connectivity index (χ4v) is 3.92. The van der Waals surface area contributed by atoms with Crippen LogP contribution < -0.4 is 0 Å². The predicted octanol–water partition coefficient (Wildman–Crippen LogP) is 5.01. The van der Waals surface area contributed by atoms with Crippen LogP contribution in [-0.4, -0.2) is 28.0 Å². The highest BCUT2D eigenvalue weighted by atomic mass is 15.1. The third-order valence-corrected chi connectivity index (χ3v) is 5.31. The Morgan fingerprint density at radius 3 is 2.81 bits per heavy atom. The third-order valence-electron chi connectivity index (χ3n) is 5.31. The zero-order valence-electron chi connectivity index (χ0n) is 14.7. The second-order valence-corrected chi connectivity index (χ2v) is 7.00. The number of fused-ring (bicyclic) bond motifs is 2. The average molecular weight is 339 g/mol. The first-order valence-electron chi connectivity index (χ1n) is 9.18. The van der Waals surface area contributed by atoms with Gasteiger partial charge in [-0.05, 0) is 46.5 Å². The Kier molecular flexibility index (Phi) is 3.80. The van der Waals surface area contributed by atoms with Crippen LogP contribution in [0.5, 0.6) is 0 Å². The molecule has 0 radical (unpaired) electrons. The van der Waals surface area contributed by atoms with E-state index in [1.807, 2.05) is 12.3 Å². The number of benzene rings is 2. The van der Waals surface area contributed by atoms with Crippen molar-refractivity contribution in [3.8, 4) is 0 Å². The summed E-state index contributed by atoms with van der Waals surface area (Å²) < 4.78 is 0. The van der Waals surface area contributed by atoms with E-state index in [1.165, 1.54) is 32.9 Å². The first kappa shape index (κ1) is 15.4. The lowest BCUT2D eigenvalue weighted by molar-refractivity contribution is 0.294. The predicted molar refractivity (Wildman–Crippen MR) is 108 cm³/mol. The number of rotatable bonds is 3. The van der Waals surface area contributed by atoms with Gasteiger partial charge >= 0.3 is 0 Å². The van der Waals surface area contributed by atoms with E-state index >= 15 is 0 Å². The molecule has 5 rings (SSSR count). The average Bonchev–Trinajstić information content (AvgIpc) is 3.13. The highest BCUT2D eigenvalue weighted by Crippen LogP contribution is 2.29. The summed E-state index contributed by atoms with van der Waals surface area (Å²) in [6, 6.07) is 19.5. The van der Waals surface area contributed by atoms with Gasteiger partial charge in [-0.3, -0.25) is 4.90 Å². The summed E-state index contributed by atoms with van der Waals surface area (Å²) in [6.45, 7) is 3.09. The van der Waals surface area contributed by atoms with E-state index in [0.29, 0.717) is 0 Å². The number of nitrogens with one attached hydrogen (secondary N) is 1. The Bertz CT molecular complexity index is 1110. The molecule has 0 spiro atoms. The summed E-state index contributed by atoms with van der Waals surface area (Å²) in [5.41, 5.74) is 5.09. The van der Waals surface area contributed by atoms with Gasteiger partial charge in [0.2, 0.25) is 0 Å². The van der Waals surface area contributed by atoms with Crippen LogP contribution in [0, 0.1) is 0 Å². The first-order valence-corrected chi connectivity index (χ1v) is 9.18. The highest BCUT2D eigenvalue weighted by molar-refractivity contribution is 5.90. The van der Waals surface area contributed by atoms with E-state index in [-0.39, 0.29) is 0 Å². The van der Waals surface area contributed by atoms with Gasteiger partial charge in [0.15, 0.2) is 0 Å². The number of nitrogens with zero attached hydrogens (tertiary/aromatic N) is 2. The molecule has 3 heterocycles. The van der Waals surface area contributed by atoms with Crippen molar-refractivity contribution in [1.82, 2.24) is 14.9 Å². The molecule has 1 aliphatic heterocycles. The van der Waals surface area contributed by atoms with Crippen molar-refractivity contribution in [2.24, 2.45) is 0 Å². The SMILES string of the molecule is C1=C(c2c[nH]c3ncccc23)CCN(Cc2ccc3ccccc3c2)C1. The molecule has 26 heavy (non-hydrogen) atoms. The molecular formula is C23H21N3. The molecule has 0 unspecified atom stereocenters. The maximum atomic E-state index is 4.40. The van der Waals surface area contributed by atoms with E-state index in [0.717, 1.165) is 31.7 Å². The molecule has 0 bridgehead atoms. The summed E-state index contributed by atoms with van der Waals surface area (Å²) in [7, 11) is 0. The lowest BCUT2D eigenvalue weighted by Crippen LogP contribution is -2.27. The maximum Gasteiger partial charge on any atom is 0.137 e. The van der Waals surface area contributed by atoms with Crippen LogP contribution in [-0.2, 0) is 6.54 Å². The molecule has 0 amide bonds. The minimum Gasteiger partial charge on any atom is -0.346 e. The molecule has 2 aromatic heterocycles. The summed E-state index contributed by atoms with van der Waals surface area (Å²) >= 11 is 0. The molecule has 1 N–H and O–H groups in total. The number of hydrogen-bond donors (Lipinski definition) is 1. The zero-order valence-corrected chi connectivity index (χ0v) is 14.7. The quantitative estimate of drug-likeness (QED) is 0.569. The van der Waals surface area contributed by atoms with Gasteiger partial charge in [0, 0.05) is 43.0 Å². The number of aromatic amines is 1. The normalized spacial score (nSPS) is 15.5. The minimum atomic E-state index is 0.974. The van der Waals surface area contributed by atoms with E-state index in [2.05, 4.69) is 75.7 Å². The second kappa shape index (κ2) is 6.43. The van der Waals surface area contributed by atoms with E-state index < -0.39 is 0 Å². The molecule has 4 aromatic rings. The topological polar surface area (TPSA) is 31.9 Å². The Morgan fingerprint density at radius 2 is 1.92 bits per heavy atom. The second-order valence-electron chi connectivity index (χ2n) is 7.00. The summed E-state index contributed by atoms with van der Waals surface area (Å²) in [6.07, 6.45) is 7.39. The van der Waals surface area contributed by atoms with Crippen molar-refractivity contribution in [3.05, 3.63) is 84.2 Å². The Labute approximate surface area is 153 Å². The molecule has 3 heteroatoms. The number of hydrogen-bond acceptors (Lipinski definition) is 2. The van der Waals surface area contributed by atoms with E-state index in [4.69, 9.17) is 0 Å². The van der Waals surface area contributed by atoms with Gasteiger partial charge < -0.3 is 4.98 Å². The molecular weight excluding hydrogens is 318 g/mol. The van der Waals surface area contributed by atoms with E-state index in [9.17, 15) is 0 Å². The van der Waals surface area contributed by atoms with Crippen LogP contribution in [0.25, 0.3) is 27.4 Å². The van der Waals surface area contributed by atoms with Crippen molar-refractivity contribution in [1.29, 1.82) is 0 Å². The monoisotopic (exact) mass is 339 g/mol. The van der Waals surface area contributed by atoms with Gasteiger partial charge in [-0.1, -0.05) is 42.5 Å². The molecule has 2 aromatic carbocycles. The van der Waals surface area contributed by atoms with Crippen LogP contribution >= 0.6 is 0 Å². The van der Waals surface area contributed by atoms with Crippen LogP contribution in [0.2, 0.25) is 0 Å². The molecule has 0 atom stereocenters. The Morgan fingerprint density at radius 1 is 1.00 bits per heavy atom. The van der Waals surface area contributed by atoms with Crippen molar-refractivity contribution in [3.63, 3.8) is 0 Å². The van der Waals surface area contributed by atoms with Crippen LogP contribution in [0.1, 0.15) is 17.5 Å². The molecule has 0 saturated carbocycles. The van der Waals surface area contributed by atoms with Gasteiger partial charge in [0.25, 0.3) is 0 Å². The van der Waals surface area contributed by atoms with E-state index in [1.54, 1.807) is 0 Å². The van der Waals surface area contributed by atoms with Gasteiger partial charge in [0.1, 0.15) is 5.65 Å². The summed E-state index contributed by atoms with van der Waals surface area (Å²) in [4.78, 5) is 10.2. The fourth-order valence-electron chi connectivity index (χ4n) is 3.92. The van der Waals surface area contributed by atoms with Gasteiger partial charge in [-0.2, -0.15) is 0 Å². The van der Waals surface area contributed by atoms with Crippen LogP contribution in [0.3, 0.4) is 0 Å². The fraction of sp³-hybridized carbons (Fsp3) is 0.174. The van der Waals surface area contributed by atoms with Crippen LogP contribution in [0.15, 0.2) is 73.1 Å². The lowest BCUT2D eigenvalue weighted by atomic mass is 9.99. The smallest absolute Gasteiger partial charge is 0.137 e. The molecule has 0 saturated heterocycles. The van der Waals surface area contributed by atoms with Crippen molar-refractivity contribution >= 4 is 27.4 Å². The maximum absolute atomic E-state index is 4.40. The zero-order chi connectivity index (χ0) is 17.3. The molecule has 1 aliphatic rings. The van der Waals surface area contributed by atoms with Crippen molar-refractivity contribution in [2.75, 3.05) is 13.1 Å². The summed E-state index contributed by atoms with van der Waals surface area (Å²) in [5, 5.41) is 3.86. The van der Waals surface area contributed by atoms with Crippen molar-refractivity contribution < 1.29 is 0 Å². The van der Waals surface area contributed by atoms with Gasteiger partial charge in [0.05, 0.1) is 0 Å². The largest absolute Gasteiger partial charge is 0.346 e. The summed E-state index contributed by atoms with van der Waals surface area (Å²) in [5.74, 6) is 0.